The van der Waals surface area contributed by atoms with Gasteiger partial charge in [0.2, 0.25) is 0 Å². The number of carbonyl (C=O) groups excluding carboxylic acids is 3. The van der Waals surface area contributed by atoms with Gasteiger partial charge in [-0.05, 0) is 51.3 Å². The SMILES string of the molecule is CCOC(=O)C1=C(C)NC2=C(C(=O)[C@@H](C(=O)OCC)[C@H](c3ccccc3OC)C2)[C@@H]1c1ccc(C)cc1. The standard InChI is InChI=1S/C30H33NO6/c1-6-36-29(33)24-18(4)31-22-16-21(20-10-8-9-11-23(20)35-5)26(30(34)37-7-2)28(32)27(22)25(24)19-14-12-17(3)13-15-19/h8-15,21,25-26,31H,6-7,16H2,1-5H3/t21-,25+,26-/m0/s1. The summed E-state index contributed by atoms with van der Waals surface area (Å²) in [4.78, 5) is 40.8. The van der Waals surface area contributed by atoms with Crippen LogP contribution in [0.5, 0.6) is 5.75 Å². The molecule has 0 spiro atoms. The van der Waals surface area contributed by atoms with Crippen molar-refractivity contribution in [2.45, 2.75) is 46.0 Å². The molecule has 2 aromatic rings. The van der Waals surface area contributed by atoms with Crippen molar-refractivity contribution in [3.63, 3.8) is 0 Å². The number of para-hydroxylation sites is 1. The number of dihydropyridines is 1. The number of nitrogens with one attached hydrogen (secondary N) is 1. The molecule has 2 aromatic carbocycles. The van der Waals surface area contributed by atoms with Crippen LogP contribution >= 0.6 is 0 Å². The molecule has 3 atom stereocenters. The summed E-state index contributed by atoms with van der Waals surface area (Å²) in [5.74, 6) is -3.07. The smallest absolute Gasteiger partial charge is 0.336 e. The average molecular weight is 504 g/mol. The van der Waals surface area contributed by atoms with E-state index in [2.05, 4.69) is 5.32 Å². The number of benzene rings is 2. The van der Waals surface area contributed by atoms with Crippen molar-refractivity contribution in [2.24, 2.45) is 5.92 Å². The summed E-state index contributed by atoms with van der Waals surface area (Å²) in [6, 6.07) is 15.1. The zero-order valence-corrected chi connectivity index (χ0v) is 21.9. The third-order valence-electron chi connectivity index (χ3n) is 7.00. The van der Waals surface area contributed by atoms with Gasteiger partial charge in [0.05, 0.1) is 25.9 Å². The minimum Gasteiger partial charge on any atom is -0.496 e. The molecule has 2 aliphatic rings. The Bertz CT molecular complexity index is 1270. The number of hydrogen-bond donors (Lipinski definition) is 1. The molecule has 1 heterocycles. The first-order valence-corrected chi connectivity index (χ1v) is 12.6. The highest BCUT2D eigenvalue weighted by atomic mass is 16.5. The summed E-state index contributed by atoms with van der Waals surface area (Å²) in [5, 5.41) is 3.32. The van der Waals surface area contributed by atoms with E-state index in [1.165, 1.54) is 0 Å². The topological polar surface area (TPSA) is 90.9 Å². The Morgan fingerprint density at radius 1 is 0.973 bits per heavy atom. The van der Waals surface area contributed by atoms with Crippen molar-refractivity contribution in [3.05, 3.63) is 87.8 Å². The number of carbonyl (C=O) groups is 3. The first kappa shape index (κ1) is 26.2. The van der Waals surface area contributed by atoms with E-state index >= 15 is 0 Å². The van der Waals surface area contributed by atoms with Gasteiger partial charge in [-0.1, -0.05) is 48.0 Å². The summed E-state index contributed by atoms with van der Waals surface area (Å²) in [6.45, 7) is 7.62. The van der Waals surface area contributed by atoms with Crippen molar-refractivity contribution in [1.29, 1.82) is 0 Å². The maximum Gasteiger partial charge on any atom is 0.336 e. The zero-order chi connectivity index (χ0) is 26.7. The second-order valence-electron chi connectivity index (χ2n) is 9.27. The van der Waals surface area contributed by atoms with Gasteiger partial charge in [-0.2, -0.15) is 0 Å². The molecule has 0 unspecified atom stereocenters. The molecule has 4 rings (SSSR count). The fraction of sp³-hybridized carbons (Fsp3) is 0.367. The molecule has 0 aromatic heterocycles. The molecule has 1 aliphatic heterocycles. The maximum atomic E-state index is 14.3. The fourth-order valence-corrected chi connectivity index (χ4v) is 5.37. The first-order valence-electron chi connectivity index (χ1n) is 12.6. The van der Waals surface area contributed by atoms with Gasteiger partial charge in [0.1, 0.15) is 11.7 Å². The summed E-state index contributed by atoms with van der Waals surface area (Å²) < 4.78 is 16.4. The van der Waals surface area contributed by atoms with Crippen molar-refractivity contribution in [1.82, 2.24) is 5.32 Å². The number of ether oxygens (including phenoxy) is 3. The molecule has 37 heavy (non-hydrogen) atoms. The van der Waals surface area contributed by atoms with E-state index in [1.807, 2.05) is 62.4 Å². The Balaban J connectivity index is 1.91. The number of aryl methyl sites for hydroxylation is 1. The third kappa shape index (κ3) is 4.90. The van der Waals surface area contributed by atoms with Gasteiger partial charge in [0.25, 0.3) is 0 Å². The highest BCUT2D eigenvalue weighted by molar-refractivity contribution is 6.13. The quantitative estimate of drug-likeness (QED) is 0.432. The second-order valence-corrected chi connectivity index (χ2v) is 9.27. The van der Waals surface area contributed by atoms with E-state index in [0.717, 1.165) is 16.7 Å². The number of allylic oxidation sites excluding steroid dienone is 3. The van der Waals surface area contributed by atoms with Gasteiger partial charge in [-0.3, -0.25) is 9.59 Å². The molecule has 194 valence electrons. The largest absolute Gasteiger partial charge is 0.496 e. The lowest BCUT2D eigenvalue weighted by Crippen LogP contribution is -2.43. The molecule has 1 aliphatic carbocycles. The molecule has 0 bridgehead atoms. The van der Waals surface area contributed by atoms with Crippen LogP contribution in [-0.4, -0.2) is 38.0 Å². The molecule has 0 amide bonds. The van der Waals surface area contributed by atoms with Gasteiger partial charge in [-0.25, -0.2) is 4.79 Å². The van der Waals surface area contributed by atoms with Crippen LogP contribution < -0.4 is 10.1 Å². The molecule has 0 fully saturated rings. The van der Waals surface area contributed by atoms with E-state index in [4.69, 9.17) is 14.2 Å². The molecular weight excluding hydrogens is 470 g/mol. The van der Waals surface area contributed by atoms with Gasteiger partial charge >= 0.3 is 11.9 Å². The van der Waals surface area contributed by atoms with Gasteiger partial charge in [0, 0.05) is 28.8 Å². The van der Waals surface area contributed by atoms with Crippen molar-refractivity contribution >= 4 is 17.7 Å². The van der Waals surface area contributed by atoms with Crippen molar-refractivity contribution in [3.8, 4) is 5.75 Å². The Hall–Kier alpha value is -3.87. The Morgan fingerprint density at radius 2 is 1.65 bits per heavy atom. The van der Waals surface area contributed by atoms with E-state index in [9.17, 15) is 14.4 Å². The Labute approximate surface area is 217 Å². The van der Waals surface area contributed by atoms with Gasteiger partial charge in [-0.15, -0.1) is 0 Å². The monoisotopic (exact) mass is 503 g/mol. The van der Waals surface area contributed by atoms with E-state index in [1.54, 1.807) is 21.0 Å². The van der Waals surface area contributed by atoms with Crippen LogP contribution in [0.2, 0.25) is 0 Å². The lowest BCUT2D eigenvalue weighted by atomic mass is 9.67. The minimum atomic E-state index is -1.08. The van der Waals surface area contributed by atoms with Gasteiger partial charge < -0.3 is 19.5 Å². The van der Waals surface area contributed by atoms with E-state index in [0.29, 0.717) is 34.7 Å². The van der Waals surface area contributed by atoms with Crippen LogP contribution in [0.4, 0.5) is 0 Å². The maximum absolute atomic E-state index is 14.3. The number of methoxy groups -OCH3 is 1. The van der Waals surface area contributed by atoms with Crippen LogP contribution in [0.1, 0.15) is 55.7 Å². The number of hydrogen-bond acceptors (Lipinski definition) is 7. The van der Waals surface area contributed by atoms with E-state index in [-0.39, 0.29) is 19.0 Å². The Morgan fingerprint density at radius 3 is 2.30 bits per heavy atom. The zero-order valence-electron chi connectivity index (χ0n) is 21.9. The number of Topliss-reactive ketones (excluding diaryl/α,β-unsaturated/α-hetero) is 1. The molecule has 1 N–H and O–H groups in total. The molecule has 0 saturated heterocycles. The van der Waals surface area contributed by atoms with Crippen molar-refractivity contribution < 1.29 is 28.6 Å². The number of ketones is 1. The first-order chi connectivity index (χ1) is 17.8. The summed E-state index contributed by atoms with van der Waals surface area (Å²) >= 11 is 0. The fourth-order valence-electron chi connectivity index (χ4n) is 5.37. The summed E-state index contributed by atoms with van der Waals surface area (Å²) in [5.41, 5.74) is 4.70. The Kier molecular flexibility index (Phi) is 7.81. The average Bonchev–Trinajstić information content (AvgIpc) is 2.88. The number of esters is 2. The molecule has 0 radical (unpaired) electrons. The van der Waals surface area contributed by atoms with Crippen LogP contribution in [0.25, 0.3) is 0 Å². The summed E-state index contributed by atoms with van der Waals surface area (Å²) in [7, 11) is 1.57. The second kappa shape index (κ2) is 11.0. The molecule has 0 saturated carbocycles. The predicted octanol–water partition coefficient (Wildman–Crippen LogP) is 4.72. The summed E-state index contributed by atoms with van der Waals surface area (Å²) in [6.07, 6.45) is 0.376. The number of rotatable bonds is 7. The van der Waals surface area contributed by atoms with Gasteiger partial charge in [0.15, 0.2) is 5.78 Å². The predicted molar refractivity (Wildman–Crippen MR) is 139 cm³/mol. The van der Waals surface area contributed by atoms with Crippen LogP contribution in [0.3, 0.4) is 0 Å². The normalized spacial score (nSPS) is 21.2. The molecule has 7 nitrogen and oxygen atoms in total. The lowest BCUT2D eigenvalue weighted by molar-refractivity contribution is -0.152. The van der Waals surface area contributed by atoms with Crippen molar-refractivity contribution in [2.75, 3.05) is 20.3 Å². The minimum absolute atomic E-state index is 0.153. The van der Waals surface area contributed by atoms with E-state index < -0.39 is 29.7 Å². The highest BCUT2D eigenvalue weighted by Crippen LogP contribution is 2.49. The van der Waals surface area contributed by atoms with Crippen LogP contribution in [0, 0.1) is 12.8 Å². The van der Waals surface area contributed by atoms with Crippen LogP contribution in [0.15, 0.2) is 71.1 Å². The lowest BCUT2D eigenvalue weighted by Gasteiger charge is -2.39. The van der Waals surface area contributed by atoms with Crippen LogP contribution in [-0.2, 0) is 23.9 Å². The molecule has 7 heteroatoms. The highest BCUT2D eigenvalue weighted by Gasteiger charge is 2.49. The molecular formula is C30H33NO6. The third-order valence-corrected chi connectivity index (χ3v) is 7.00.